The van der Waals surface area contributed by atoms with Crippen molar-refractivity contribution in [3.63, 3.8) is 0 Å². The Bertz CT molecular complexity index is 761. The molecule has 5 nitrogen and oxygen atoms in total. The van der Waals surface area contributed by atoms with Gasteiger partial charge in [0.15, 0.2) is 0 Å². The third-order valence-electron chi connectivity index (χ3n) is 5.91. The van der Waals surface area contributed by atoms with E-state index in [1.807, 2.05) is 4.90 Å². The predicted octanol–water partition coefficient (Wildman–Crippen LogP) is 2.91. The average Bonchev–Trinajstić information content (AvgIpc) is 3.19. The molecule has 2 aliphatic rings. The standard InChI is InChI=1S/C20H24N2O3/c1-21-9-5-15-3-4-17(24-2)13-18(15)20(21)7-10-22(11-8-20)19(23)16-6-12-25-14-16/h3-4,6,12-14H,5,7-11H2,1-2H3. The molecule has 0 saturated carbocycles. The molecule has 3 heterocycles. The van der Waals surface area contributed by atoms with Crippen LogP contribution in [0, 0.1) is 0 Å². The molecule has 0 radical (unpaired) electrons. The lowest BCUT2D eigenvalue weighted by atomic mass is 9.74. The van der Waals surface area contributed by atoms with Gasteiger partial charge in [-0.05, 0) is 55.6 Å². The molecular weight excluding hydrogens is 316 g/mol. The zero-order valence-corrected chi connectivity index (χ0v) is 14.8. The third-order valence-corrected chi connectivity index (χ3v) is 5.91. The smallest absolute Gasteiger partial charge is 0.257 e. The van der Waals surface area contributed by atoms with Crippen LogP contribution in [0.1, 0.15) is 34.3 Å². The molecule has 1 saturated heterocycles. The highest BCUT2D eigenvalue weighted by Gasteiger charge is 2.44. The first-order valence-corrected chi connectivity index (χ1v) is 8.84. The van der Waals surface area contributed by atoms with E-state index in [0.717, 1.165) is 44.6 Å². The van der Waals surface area contributed by atoms with Gasteiger partial charge >= 0.3 is 0 Å². The second-order valence-corrected chi connectivity index (χ2v) is 7.03. The van der Waals surface area contributed by atoms with Crippen molar-refractivity contribution in [2.24, 2.45) is 0 Å². The van der Waals surface area contributed by atoms with Crippen LogP contribution >= 0.6 is 0 Å². The van der Waals surface area contributed by atoms with Crippen molar-refractivity contribution < 1.29 is 13.9 Å². The van der Waals surface area contributed by atoms with E-state index in [9.17, 15) is 4.79 Å². The molecule has 25 heavy (non-hydrogen) atoms. The molecule has 4 rings (SSSR count). The molecule has 1 fully saturated rings. The Morgan fingerprint density at radius 2 is 2.00 bits per heavy atom. The maximum Gasteiger partial charge on any atom is 0.257 e. The van der Waals surface area contributed by atoms with Crippen LogP contribution in [0.2, 0.25) is 0 Å². The summed E-state index contributed by atoms with van der Waals surface area (Å²) in [5, 5.41) is 0. The molecule has 0 N–H and O–H groups in total. The second-order valence-electron chi connectivity index (χ2n) is 7.03. The monoisotopic (exact) mass is 340 g/mol. The lowest BCUT2D eigenvalue weighted by Gasteiger charge is -2.51. The molecule has 1 amide bonds. The van der Waals surface area contributed by atoms with E-state index in [-0.39, 0.29) is 11.4 Å². The number of hydrogen-bond donors (Lipinski definition) is 0. The Hall–Kier alpha value is -2.27. The molecular formula is C20H24N2O3. The Morgan fingerprint density at radius 3 is 2.68 bits per heavy atom. The zero-order valence-electron chi connectivity index (χ0n) is 14.8. The van der Waals surface area contributed by atoms with Crippen LogP contribution < -0.4 is 4.74 Å². The van der Waals surface area contributed by atoms with Crippen molar-refractivity contribution >= 4 is 5.91 Å². The highest BCUT2D eigenvalue weighted by Crippen LogP contribution is 2.44. The molecule has 2 aliphatic heterocycles. The molecule has 5 heteroatoms. The van der Waals surface area contributed by atoms with Gasteiger partial charge in [0, 0.05) is 25.2 Å². The fourth-order valence-electron chi connectivity index (χ4n) is 4.34. The summed E-state index contributed by atoms with van der Waals surface area (Å²) in [6.45, 7) is 2.56. The molecule has 0 atom stereocenters. The Balaban J connectivity index is 1.60. The van der Waals surface area contributed by atoms with Crippen molar-refractivity contribution in [1.29, 1.82) is 0 Å². The number of piperidine rings is 1. The van der Waals surface area contributed by atoms with Gasteiger partial charge in [-0.2, -0.15) is 0 Å². The van der Waals surface area contributed by atoms with Gasteiger partial charge in [-0.25, -0.2) is 0 Å². The normalized spacial score (nSPS) is 19.7. The largest absolute Gasteiger partial charge is 0.497 e. The summed E-state index contributed by atoms with van der Waals surface area (Å²) >= 11 is 0. The van der Waals surface area contributed by atoms with E-state index in [1.54, 1.807) is 19.4 Å². The average molecular weight is 340 g/mol. The molecule has 1 spiro atoms. The first-order chi connectivity index (χ1) is 12.1. The molecule has 1 aromatic heterocycles. The lowest BCUT2D eigenvalue weighted by Crippen LogP contribution is -2.55. The fraction of sp³-hybridized carbons (Fsp3) is 0.450. The summed E-state index contributed by atoms with van der Waals surface area (Å²) in [6.07, 6.45) is 6.02. The number of hydrogen-bond acceptors (Lipinski definition) is 4. The molecule has 132 valence electrons. The number of benzene rings is 1. The zero-order chi connectivity index (χ0) is 17.4. The number of nitrogens with zero attached hydrogens (tertiary/aromatic N) is 2. The number of rotatable bonds is 2. The molecule has 0 unspecified atom stereocenters. The predicted molar refractivity (Wildman–Crippen MR) is 94.9 cm³/mol. The van der Waals surface area contributed by atoms with Gasteiger partial charge in [-0.15, -0.1) is 0 Å². The fourth-order valence-corrected chi connectivity index (χ4v) is 4.34. The van der Waals surface area contributed by atoms with Gasteiger partial charge in [0.25, 0.3) is 5.91 Å². The maximum atomic E-state index is 12.6. The maximum absolute atomic E-state index is 12.6. The van der Waals surface area contributed by atoms with E-state index in [1.165, 1.54) is 17.4 Å². The van der Waals surface area contributed by atoms with Crippen molar-refractivity contribution in [1.82, 2.24) is 9.80 Å². The van der Waals surface area contributed by atoms with Crippen LogP contribution in [0.3, 0.4) is 0 Å². The minimum absolute atomic E-state index is 0.00466. The van der Waals surface area contributed by atoms with Crippen molar-refractivity contribution in [2.75, 3.05) is 33.8 Å². The van der Waals surface area contributed by atoms with Crippen LogP contribution in [0.4, 0.5) is 0 Å². The number of amides is 1. The minimum Gasteiger partial charge on any atom is -0.497 e. The summed E-state index contributed by atoms with van der Waals surface area (Å²) in [7, 11) is 3.92. The Labute approximate surface area is 148 Å². The van der Waals surface area contributed by atoms with E-state index < -0.39 is 0 Å². The summed E-state index contributed by atoms with van der Waals surface area (Å²) in [6, 6.07) is 8.18. The highest BCUT2D eigenvalue weighted by molar-refractivity contribution is 5.93. The van der Waals surface area contributed by atoms with Gasteiger partial charge in [0.1, 0.15) is 12.0 Å². The number of likely N-dealkylation sites (N-methyl/N-ethyl adjacent to an activating group) is 1. The summed E-state index contributed by atoms with van der Waals surface area (Å²) < 4.78 is 10.5. The van der Waals surface area contributed by atoms with E-state index in [2.05, 4.69) is 30.1 Å². The topological polar surface area (TPSA) is 45.9 Å². The second kappa shape index (κ2) is 6.23. The van der Waals surface area contributed by atoms with Gasteiger partial charge in [0.2, 0.25) is 0 Å². The van der Waals surface area contributed by atoms with Crippen molar-refractivity contribution in [2.45, 2.75) is 24.8 Å². The number of ether oxygens (including phenoxy) is 1. The number of methoxy groups -OCH3 is 1. The number of carbonyl (C=O) groups is 1. The van der Waals surface area contributed by atoms with Gasteiger partial charge in [-0.3, -0.25) is 9.69 Å². The lowest BCUT2D eigenvalue weighted by molar-refractivity contribution is 0.0249. The third kappa shape index (κ3) is 2.63. The van der Waals surface area contributed by atoms with Gasteiger partial charge in [0.05, 0.1) is 18.9 Å². The van der Waals surface area contributed by atoms with Crippen LogP contribution in [0.25, 0.3) is 0 Å². The summed E-state index contributed by atoms with van der Waals surface area (Å²) in [5.41, 5.74) is 3.41. The molecule has 2 aromatic rings. The Morgan fingerprint density at radius 1 is 1.20 bits per heavy atom. The summed E-state index contributed by atoms with van der Waals surface area (Å²) in [5.74, 6) is 0.971. The SMILES string of the molecule is COc1ccc2c(c1)C1(CCN(C(=O)c3ccoc3)CC1)N(C)CC2. The van der Waals surface area contributed by atoms with Crippen LogP contribution in [0.15, 0.2) is 41.2 Å². The summed E-state index contributed by atoms with van der Waals surface area (Å²) in [4.78, 5) is 17.0. The number of carbonyl (C=O) groups excluding carboxylic acids is 1. The van der Waals surface area contributed by atoms with E-state index in [4.69, 9.17) is 9.15 Å². The first-order valence-electron chi connectivity index (χ1n) is 8.84. The first kappa shape index (κ1) is 16.2. The minimum atomic E-state index is -0.00466. The van der Waals surface area contributed by atoms with Crippen LogP contribution in [-0.4, -0.2) is 49.5 Å². The van der Waals surface area contributed by atoms with Gasteiger partial charge in [-0.1, -0.05) is 6.07 Å². The molecule has 1 aromatic carbocycles. The molecule has 0 aliphatic carbocycles. The van der Waals surface area contributed by atoms with Crippen molar-refractivity contribution in [3.8, 4) is 5.75 Å². The number of likely N-dealkylation sites (tertiary alicyclic amines) is 1. The quantitative estimate of drug-likeness (QED) is 0.843. The van der Waals surface area contributed by atoms with E-state index in [0.29, 0.717) is 5.56 Å². The van der Waals surface area contributed by atoms with E-state index >= 15 is 0 Å². The van der Waals surface area contributed by atoms with Crippen LogP contribution in [0.5, 0.6) is 5.75 Å². The van der Waals surface area contributed by atoms with Crippen LogP contribution in [-0.2, 0) is 12.0 Å². The number of furan rings is 1. The Kier molecular flexibility index (Phi) is 4.04. The highest BCUT2D eigenvalue weighted by atomic mass is 16.5. The molecule has 0 bridgehead atoms. The van der Waals surface area contributed by atoms with Gasteiger partial charge < -0.3 is 14.1 Å². The number of fused-ring (bicyclic) bond motifs is 2. The van der Waals surface area contributed by atoms with Crippen molar-refractivity contribution in [3.05, 3.63) is 53.5 Å².